The fourth-order valence-electron chi connectivity index (χ4n) is 3.55. The quantitative estimate of drug-likeness (QED) is 0.527. The van der Waals surface area contributed by atoms with Gasteiger partial charge in [-0.15, -0.1) is 0 Å². The van der Waals surface area contributed by atoms with Crippen molar-refractivity contribution >= 4 is 44.6 Å². The van der Waals surface area contributed by atoms with Crippen molar-refractivity contribution < 1.29 is 17.6 Å². The Morgan fingerprint density at radius 3 is 2.53 bits per heavy atom. The molecule has 0 spiro atoms. The molecule has 1 aliphatic rings. The predicted molar refractivity (Wildman–Crippen MR) is 123 cm³/mol. The first-order valence-electron chi connectivity index (χ1n) is 10.1. The molecule has 0 unspecified atom stereocenters. The van der Waals surface area contributed by atoms with E-state index < -0.39 is 15.8 Å². The van der Waals surface area contributed by atoms with Crippen LogP contribution in [0.1, 0.15) is 22.3 Å². The molecule has 10 heteroatoms. The summed E-state index contributed by atoms with van der Waals surface area (Å²) in [6.45, 7) is 2.35. The largest absolute Gasteiger partial charge is 0.417 e. The number of nitrogens with one attached hydrogen (secondary N) is 1. The van der Waals surface area contributed by atoms with Crippen LogP contribution in [-0.2, 0) is 10.0 Å². The summed E-state index contributed by atoms with van der Waals surface area (Å²) in [5, 5.41) is 1.81. The van der Waals surface area contributed by atoms with Gasteiger partial charge in [0.1, 0.15) is 0 Å². The number of aromatic amines is 1. The summed E-state index contributed by atoms with van der Waals surface area (Å²) in [5.41, 5.74) is 2.14. The number of hydrogen-bond acceptors (Lipinski definition) is 6. The highest BCUT2D eigenvalue weighted by molar-refractivity contribution is 7.92. The number of Topliss-reactive ketones (excluding diaryl/α,β-unsaturated/α-hetero) is 1. The Hall–Kier alpha value is -2.72. The van der Waals surface area contributed by atoms with Crippen LogP contribution in [0.4, 0.5) is 0 Å². The Balaban J connectivity index is 1.28. The molecular formula is C22H22ClN3O5S. The number of sulfonamides is 1. The molecule has 0 saturated carbocycles. The van der Waals surface area contributed by atoms with E-state index >= 15 is 0 Å². The van der Waals surface area contributed by atoms with E-state index in [9.17, 15) is 18.0 Å². The zero-order valence-corrected chi connectivity index (χ0v) is 18.7. The first kappa shape index (κ1) is 22.5. The van der Waals surface area contributed by atoms with E-state index in [1.165, 1.54) is 9.71 Å². The van der Waals surface area contributed by atoms with Gasteiger partial charge in [-0.05, 0) is 42.0 Å². The normalized spacial score (nSPS) is 16.2. The monoisotopic (exact) mass is 475 g/mol. The first-order valence-corrected chi connectivity index (χ1v) is 12.0. The molecule has 8 nitrogen and oxygen atoms in total. The number of halogens is 1. The van der Waals surface area contributed by atoms with Gasteiger partial charge in [-0.2, -0.15) is 4.31 Å². The maximum atomic E-state index is 12.6. The van der Waals surface area contributed by atoms with Crippen LogP contribution in [-0.4, -0.2) is 61.1 Å². The minimum Gasteiger partial charge on any atom is -0.408 e. The number of ketones is 1. The van der Waals surface area contributed by atoms with Crippen molar-refractivity contribution in [2.45, 2.75) is 6.42 Å². The number of carbonyl (C=O) groups is 1. The standard InChI is InChI=1S/C22H22ClN3O5S/c23-18-4-1-16(2-5-18)8-14-32(29,30)26-12-10-25(11-13-26)9-7-20(27)17-3-6-19-21(15-17)31-22(28)24-19/h1-6,8,14-15H,7,9-13H2,(H,24,28). The summed E-state index contributed by atoms with van der Waals surface area (Å²) in [6, 6.07) is 11.8. The van der Waals surface area contributed by atoms with Crippen molar-refractivity contribution in [2.75, 3.05) is 32.7 Å². The van der Waals surface area contributed by atoms with Crippen LogP contribution in [0.3, 0.4) is 0 Å². The molecule has 0 aliphatic carbocycles. The lowest BCUT2D eigenvalue weighted by Crippen LogP contribution is -2.48. The molecule has 3 aromatic rings. The molecule has 32 heavy (non-hydrogen) atoms. The number of rotatable bonds is 7. The van der Waals surface area contributed by atoms with Gasteiger partial charge in [0, 0.05) is 55.1 Å². The van der Waals surface area contributed by atoms with Crippen LogP contribution in [0.15, 0.2) is 57.1 Å². The summed E-state index contributed by atoms with van der Waals surface area (Å²) in [6.07, 6.45) is 1.85. The number of oxazole rings is 1. The molecule has 0 amide bonds. The second kappa shape index (κ2) is 9.41. The zero-order chi connectivity index (χ0) is 22.7. The molecule has 1 aromatic heterocycles. The Morgan fingerprint density at radius 1 is 1.09 bits per heavy atom. The second-order valence-corrected chi connectivity index (χ2v) is 9.79. The lowest BCUT2D eigenvalue weighted by Gasteiger charge is -2.33. The maximum absolute atomic E-state index is 12.6. The third-order valence-electron chi connectivity index (χ3n) is 5.39. The lowest BCUT2D eigenvalue weighted by atomic mass is 10.1. The summed E-state index contributed by atoms with van der Waals surface area (Å²) in [7, 11) is -3.52. The number of nitrogens with zero attached hydrogens (tertiary/aromatic N) is 2. The van der Waals surface area contributed by atoms with Gasteiger partial charge in [0.2, 0.25) is 10.0 Å². The Labute approximate surface area is 190 Å². The van der Waals surface area contributed by atoms with Crippen LogP contribution in [0, 0.1) is 0 Å². The zero-order valence-electron chi connectivity index (χ0n) is 17.2. The average molecular weight is 476 g/mol. The molecule has 2 heterocycles. The molecule has 0 atom stereocenters. The topological polar surface area (TPSA) is 104 Å². The molecule has 1 N–H and O–H groups in total. The molecular weight excluding hydrogens is 454 g/mol. The number of aromatic nitrogens is 1. The Bertz CT molecular complexity index is 1300. The summed E-state index contributed by atoms with van der Waals surface area (Å²) >= 11 is 5.85. The van der Waals surface area contributed by atoms with E-state index in [2.05, 4.69) is 9.88 Å². The summed E-state index contributed by atoms with van der Waals surface area (Å²) in [4.78, 5) is 28.4. The highest BCUT2D eigenvalue weighted by Crippen LogP contribution is 2.16. The Morgan fingerprint density at radius 2 is 1.81 bits per heavy atom. The number of hydrogen-bond donors (Lipinski definition) is 1. The van der Waals surface area contributed by atoms with Gasteiger partial charge in [-0.1, -0.05) is 23.7 Å². The molecule has 1 saturated heterocycles. The molecule has 1 fully saturated rings. The van der Waals surface area contributed by atoms with Crippen molar-refractivity contribution in [1.82, 2.24) is 14.2 Å². The molecule has 1 aliphatic heterocycles. The first-order chi connectivity index (χ1) is 15.3. The fourth-order valence-corrected chi connectivity index (χ4v) is 4.85. The van der Waals surface area contributed by atoms with Gasteiger partial charge in [-0.25, -0.2) is 13.2 Å². The van der Waals surface area contributed by atoms with Crippen molar-refractivity contribution in [1.29, 1.82) is 0 Å². The minimum atomic E-state index is -3.52. The number of benzene rings is 2. The molecule has 0 radical (unpaired) electrons. The molecule has 0 bridgehead atoms. The van der Waals surface area contributed by atoms with E-state index in [1.807, 2.05) is 0 Å². The van der Waals surface area contributed by atoms with E-state index in [4.69, 9.17) is 16.0 Å². The third kappa shape index (κ3) is 5.36. The lowest BCUT2D eigenvalue weighted by molar-refractivity contribution is 0.0952. The van der Waals surface area contributed by atoms with Gasteiger partial charge < -0.3 is 9.32 Å². The molecule has 2 aromatic carbocycles. The SMILES string of the molecule is O=C(CCN1CCN(S(=O)(=O)C=Cc2ccc(Cl)cc2)CC1)c1ccc2[nH]c(=O)oc2c1. The summed E-state index contributed by atoms with van der Waals surface area (Å²) < 4.78 is 31.6. The van der Waals surface area contributed by atoms with Gasteiger partial charge in [-0.3, -0.25) is 9.78 Å². The van der Waals surface area contributed by atoms with Crippen LogP contribution in [0.2, 0.25) is 5.02 Å². The van der Waals surface area contributed by atoms with Crippen LogP contribution in [0.25, 0.3) is 17.2 Å². The minimum absolute atomic E-state index is 0.0586. The maximum Gasteiger partial charge on any atom is 0.417 e. The van der Waals surface area contributed by atoms with Crippen LogP contribution < -0.4 is 5.76 Å². The highest BCUT2D eigenvalue weighted by Gasteiger charge is 2.25. The number of fused-ring (bicyclic) bond motifs is 1. The van der Waals surface area contributed by atoms with Gasteiger partial charge in [0.05, 0.1) is 5.52 Å². The smallest absolute Gasteiger partial charge is 0.408 e. The number of piperazine rings is 1. The van der Waals surface area contributed by atoms with Gasteiger partial charge >= 0.3 is 5.76 Å². The summed E-state index contributed by atoms with van der Waals surface area (Å²) in [5.74, 6) is -0.614. The highest BCUT2D eigenvalue weighted by atomic mass is 35.5. The van der Waals surface area contributed by atoms with Crippen molar-refractivity contribution in [3.05, 3.63) is 74.6 Å². The van der Waals surface area contributed by atoms with Crippen molar-refractivity contribution in [2.24, 2.45) is 0 Å². The molecule has 168 valence electrons. The number of H-pyrrole nitrogens is 1. The van der Waals surface area contributed by atoms with E-state index in [0.717, 1.165) is 5.56 Å². The van der Waals surface area contributed by atoms with Crippen LogP contribution >= 0.6 is 11.6 Å². The number of carbonyl (C=O) groups excluding carboxylic acids is 1. The molecule has 4 rings (SSSR count). The Kier molecular flexibility index (Phi) is 6.61. The third-order valence-corrected chi connectivity index (χ3v) is 7.21. The van der Waals surface area contributed by atoms with Gasteiger partial charge in [0.15, 0.2) is 11.4 Å². The van der Waals surface area contributed by atoms with Crippen LogP contribution in [0.5, 0.6) is 0 Å². The fraction of sp³-hybridized carbons (Fsp3) is 0.273. The van der Waals surface area contributed by atoms with E-state index in [0.29, 0.717) is 60.8 Å². The van der Waals surface area contributed by atoms with Crippen molar-refractivity contribution in [3.8, 4) is 0 Å². The second-order valence-electron chi connectivity index (χ2n) is 7.54. The van der Waals surface area contributed by atoms with Crippen molar-refractivity contribution in [3.63, 3.8) is 0 Å². The van der Waals surface area contributed by atoms with Gasteiger partial charge in [0.25, 0.3) is 0 Å². The van der Waals surface area contributed by atoms with E-state index in [1.54, 1.807) is 48.5 Å². The van der Waals surface area contributed by atoms with E-state index in [-0.39, 0.29) is 5.78 Å². The predicted octanol–water partition coefficient (Wildman–Crippen LogP) is 2.97. The average Bonchev–Trinajstić information content (AvgIpc) is 3.16.